The minimum atomic E-state index is -0.364. The molecule has 1 heterocycles. The van der Waals surface area contributed by atoms with Gasteiger partial charge in [0.1, 0.15) is 5.25 Å². The standard InChI is InChI=1S/C23H25NO3S/c1-17-8-10-21(11-9-17)28-18(2)23(26)27-16-22(25)24-14-12-20(13-15-24)19-6-4-3-5-7-19/h3-12,18H,13-16H2,1-2H3/t18-/m0/s1. The minimum Gasteiger partial charge on any atom is -0.455 e. The molecule has 1 atom stereocenters. The Bertz CT molecular complexity index is 846. The van der Waals surface area contributed by atoms with Crippen molar-refractivity contribution in [3.8, 4) is 0 Å². The summed E-state index contributed by atoms with van der Waals surface area (Å²) >= 11 is 1.44. The highest BCUT2D eigenvalue weighted by Crippen LogP contribution is 2.25. The summed E-state index contributed by atoms with van der Waals surface area (Å²) in [7, 11) is 0. The van der Waals surface area contributed by atoms with Crippen molar-refractivity contribution in [1.29, 1.82) is 0 Å². The van der Waals surface area contributed by atoms with Gasteiger partial charge >= 0.3 is 5.97 Å². The Morgan fingerprint density at radius 1 is 1.11 bits per heavy atom. The summed E-state index contributed by atoms with van der Waals surface area (Å²) in [4.78, 5) is 27.3. The van der Waals surface area contributed by atoms with Crippen LogP contribution in [0.3, 0.4) is 0 Å². The predicted octanol–water partition coefficient (Wildman–Crippen LogP) is 4.33. The Labute approximate surface area is 170 Å². The molecule has 0 saturated carbocycles. The van der Waals surface area contributed by atoms with E-state index in [0.717, 1.165) is 11.3 Å². The van der Waals surface area contributed by atoms with Gasteiger partial charge in [-0.15, -0.1) is 11.8 Å². The molecule has 4 nitrogen and oxygen atoms in total. The van der Waals surface area contributed by atoms with E-state index in [1.165, 1.54) is 28.5 Å². The molecule has 2 aromatic carbocycles. The first-order valence-electron chi connectivity index (χ1n) is 9.45. The molecule has 1 amide bonds. The Morgan fingerprint density at radius 2 is 1.82 bits per heavy atom. The first-order valence-corrected chi connectivity index (χ1v) is 10.3. The quantitative estimate of drug-likeness (QED) is 0.539. The number of esters is 1. The SMILES string of the molecule is Cc1ccc(S[C@@H](C)C(=O)OCC(=O)N2CC=C(c3ccccc3)CC2)cc1. The predicted molar refractivity (Wildman–Crippen MR) is 113 cm³/mol. The van der Waals surface area contributed by atoms with Gasteiger partial charge in [0.15, 0.2) is 6.61 Å². The Hall–Kier alpha value is -2.53. The van der Waals surface area contributed by atoms with Crippen molar-refractivity contribution in [3.05, 3.63) is 71.8 Å². The molecule has 146 valence electrons. The third-order valence-electron chi connectivity index (χ3n) is 4.71. The maximum Gasteiger partial charge on any atom is 0.319 e. The maximum absolute atomic E-state index is 12.4. The second-order valence-electron chi connectivity index (χ2n) is 6.87. The van der Waals surface area contributed by atoms with Gasteiger partial charge in [0.05, 0.1) is 0 Å². The van der Waals surface area contributed by atoms with E-state index in [2.05, 4.69) is 18.2 Å². The van der Waals surface area contributed by atoms with E-state index in [4.69, 9.17) is 4.74 Å². The number of benzene rings is 2. The molecule has 1 aliphatic rings. The fourth-order valence-corrected chi connectivity index (χ4v) is 3.89. The van der Waals surface area contributed by atoms with Gasteiger partial charge in [-0.25, -0.2) is 0 Å². The normalized spacial score (nSPS) is 14.9. The Morgan fingerprint density at radius 3 is 2.46 bits per heavy atom. The number of hydrogen-bond acceptors (Lipinski definition) is 4. The van der Waals surface area contributed by atoms with Gasteiger partial charge in [-0.05, 0) is 43.5 Å². The topological polar surface area (TPSA) is 46.6 Å². The zero-order chi connectivity index (χ0) is 19.9. The van der Waals surface area contributed by atoms with E-state index in [9.17, 15) is 9.59 Å². The summed E-state index contributed by atoms with van der Waals surface area (Å²) in [6, 6.07) is 18.2. The number of ether oxygens (including phenoxy) is 1. The first-order chi connectivity index (χ1) is 13.5. The number of rotatable bonds is 6. The smallest absolute Gasteiger partial charge is 0.319 e. The lowest BCUT2D eigenvalue weighted by Crippen LogP contribution is -2.38. The summed E-state index contributed by atoms with van der Waals surface area (Å²) in [5.41, 5.74) is 3.63. The zero-order valence-corrected chi connectivity index (χ0v) is 17.1. The van der Waals surface area contributed by atoms with Crippen LogP contribution < -0.4 is 0 Å². The second kappa shape index (κ2) is 9.60. The average Bonchev–Trinajstić information content (AvgIpc) is 2.74. The van der Waals surface area contributed by atoms with Crippen LogP contribution in [0.15, 0.2) is 65.6 Å². The third-order valence-corrected chi connectivity index (χ3v) is 5.80. The van der Waals surface area contributed by atoms with Gasteiger partial charge in [-0.2, -0.15) is 0 Å². The molecule has 0 fully saturated rings. The molecule has 1 aliphatic heterocycles. The van der Waals surface area contributed by atoms with E-state index in [1.54, 1.807) is 11.8 Å². The number of thioether (sulfide) groups is 1. The van der Waals surface area contributed by atoms with Crippen LogP contribution in [0.1, 0.15) is 24.5 Å². The lowest BCUT2D eigenvalue weighted by molar-refractivity contribution is -0.151. The molecular formula is C23H25NO3S. The van der Waals surface area contributed by atoms with Crippen molar-refractivity contribution in [2.75, 3.05) is 19.7 Å². The second-order valence-corrected chi connectivity index (χ2v) is 8.28. The number of nitrogens with zero attached hydrogens (tertiary/aromatic N) is 1. The number of carbonyl (C=O) groups is 2. The van der Waals surface area contributed by atoms with Crippen LogP contribution in [0.25, 0.3) is 5.57 Å². The van der Waals surface area contributed by atoms with E-state index < -0.39 is 0 Å². The molecule has 0 saturated heterocycles. The fraction of sp³-hybridized carbons (Fsp3) is 0.304. The summed E-state index contributed by atoms with van der Waals surface area (Å²) in [6.07, 6.45) is 2.89. The monoisotopic (exact) mass is 395 g/mol. The van der Waals surface area contributed by atoms with Gasteiger partial charge in [-0.1, -0.05) is 54.1 Å². The van der Waals surface area contributed by atoms with Crippen LogP contribution in [-0.4, -0.2) is 41.7 Å². The maximum atomic E-state index is 12.4. The molecule has 0 N–H and O–H groups in total. The van der Waals surface area contributed by atoms with E-state index in [0.29, 0.717) is 13.1 Å². The molecule has 28 heavy (non-hydrogen) atoms. The van der Waals surface area contributed by atoms with E-state index in [-0.39, 0.29) is 23.7 Å². The summed E-state index contributed by atoms with van der Waals surface area (Å²) in [5, 5.41) is -0.360. The lowest BCUT2D eigenvalue weighted by Gasteiger charge is -2.26. The summed E-state index contributed by atoms with van der Waals surface area (Å²) in [6.45, 7) is 4.81. The fourth-order valence-electron chi connectivity index (χ4n) is 3.02. The highest BCUT2D eigenvalue weighted by atomic mass is 32.2. The van der Waals surface area contributed by atoms with Crippen molar-refractivity contribution >= 4 is 29.2 Å². The van der Waals surface area contributed by atoms with Gasteiger partial charge in [-0.3, -0.25) is 9.59 Å². The highest BCUT2D eigenvalue weighted by Gasteiger charge is 2.21. The van der Waals surface area contributed by atoms with Crippen LogP contribution in [0, 0.1) is 6.92 Å². The summed E-state index contributed by atoms with van der Waals surface area (Å²) < 4.78 is 5.25. The van der Waals surface area contributed by atoms with Crippen LogP contribution in [-0.2, 0) is 14.3 Å². The van der Waals surface area contributed by atoms with Crippen molar-refractivity contribution in [2.24, 2.45) is 0 Å². The molecule has 2 aromatic rings. The molecule has 0 bridgehead atoms. The molecule has 5 heteroatoms. The van der Waals surface area contributed by atoms with E-state index in [1.807, 2.05) is 49.4 Å². The largest absolute Gasteiger partial charge is 0.455 e. The number of aryl methyl sites for hydroxylation is 1. The van der Waals surface area contributed by atoms with Crippen LogP contribution in [0.5, 0.6) is 0 Å². The van der Waals surface area contributed by atoms with E-state index >= 15 is 0 Å². The molecule has 0 unspecified atom stereocenters. The molecule has 0 aliphatic carbocycles. The Balaban J connectivity index is 1.45. The molecule has 3 rings (SSSR count). The Kier molecular flexibility index (Phi) is 6.93. The number of hydrogen-bond donors (Lipinski definition) is 0. The van der Waals surface area contributed by atoms with Crippen molar-refractivity contribution < 1.29 is 14.3 Å². The molecular weight excluding hydrogens is 370 g/mol. The zero-order valence-electron chi connectivity index (χ0n) is 16.3. The van der Waals surface area contributed by atoms with Gasteiger partial charge in [0, 0.05) is 18.0 Å². The number of carbonyl (C=O) groups excluding carboxylic acids is 2. The van der Waals surface area contributed by atoms with Crippen LogP contribution in [0.2, 0.25) is 0 Å². The minimum absolute atomic E-state index is 0.149. The molecule has 0 radical (unpaired) electrons. The van der Waals surface area contributed by atoms with Gasteiger partial charge < -0.3 is 9.64 Å². The average molecular weight is 396 g/mol. The van der Waals surface area contributed by atoms with Crippen molar-refractivity contribution in [1.82, 2.24) is 4.90 Å². The van der Waals surface area contributed by atoms with Crippen LogP contribution in [0.4, 0.5) is 0 Å². The van der Waals surface area contributed by atoms with Gasteiger partial charge in [0.2, 0.25) is 0 Å². The number of amides is 1. The first kappa shape index (κ1) is 20.2. The highest BCUT2D eigenvalue weighted by molar-refractivity contribution is 8.00. The van der Waals surface area contributed by atoms with Crippen molar-refractivity contribution in [2.45, 2.75) is 30.4 Å². The third kappa shape index (κ3) is 5.49. The molecule has 0 aromatic heterocycles. The van der Waals surface area contributed by atoms with Crippen LogP contribution >= 0.6 is 11.8 Å². The van der Waals surface area contributed by atoms with Crippen molar-refractivity contribution in [3.63, 3.8) is 0 Å². The molecule has 0 spiro atoms. The van der Waals surface area contributed by atoms with Gasteiger partial charge in [0.25, 0.3) is 5.91 Å². The lowest BCUT2D eigenvalue weighted by atomic mass is 10.00. The summed E-state index contributed by atoms with van der Waals surface area (Å²) in [5.74, 6) is -0.513.